The lowest BCUT2D eigenvalue weighted by Gasteiger charge is -2.05. The Morgan fingerprint density at radius 2 is 1.81 bits per heavy atom. The first-order chi connectivity index (χ1) is 9.76. The molecule has 11 heteroatoms. The zero-order valence-electron chi connectivity index (χ0n) is 10.4. The Morgan fingerprint density at radius 3 is 2.38 bits per heavy atom. The van der Waals surface area contributed by atoms with Gasteiger partial charge in [0, 0.05) is 17.0 Å². The minimum absolute atomic E-state index is 0.0898. The number of halogens is 2. The minimum atomic E-state index is -3.94. The van der Waals surface area contributed by atoms with Crippen molar-refractivity contribution in [3.8, 4) is 0 Å². The SMILES string of the molecule is CC(=O)Nc1nnc(S(=O)(=O)Nc2cc(Cl)cc(Cl)c2)s1. The number of nitrogens with one attached hydrogen (secondary N) is 2. The van der Waals surface area contributed by atoms with E-state index in [-0.39, 0.29) is 31.1 Å². The number of nitrogens with zero attached hydrogens (tertiary/aromatic N) is 2. The smallest absolute Gasteiger partial charge is 0.291 e. The van der Waals surface area contributed by atoms with Crippen molar-refractivity contribution in [2.75, 3.05) is 10.0 Å². The molecule has 2 aromatic rings. The number of benzene rings is 1. The lowest BCUT2D eigenvalue weighted by Crippen LogP contribution is -2.12. The number of hydrogen-bond donors (Lipinski definition) is 2. The summed E-state index contributed by atoms with van der Waals surface area (Å²) in [5.74, 6) is -0.371. The number of rotatable bonds is 4. The van der Waals surface area contributed by atoms with Crippen LogP contribution in [0.2, 0.25) is 10.0 Å². The second-order valence-corrected chi connectivity index (χ2v) is 7.52. The highest BCUT2D eigenvalue weighted by atomic mass is 35.5. The van der Waals surface area contributed by atoms with Crippen molar-refractivity contribution in [3.63, 3.8) is 0 Å². The summed E-state index contributed by atoms with van der Waals surface area (Å²) in [5.41, 5.74) is 0.198. The zero-order chi connectivity index (χ0) is 15.6. The molecule has 0 aliphatic rings. The van der Waals surface area contributed by atoms with Crippen molar-refractivity contribution in [1.29, 1.82) is 0 Å². The molecular formula is C10H8Cl2N4O3S2. The molecule has 7 nitrogen and oxygen atoms in total. The van der Waals surface area contributed by atoms with Gasteiger partial charge < -0.3 is 5.32 Å². The van der Waals surface area contributed by atoms with Crippen molar-refractivity contribution >= 4 is 61.3 Å². The molecule has 0 atom stereocenters. The highest BCUT2D eigenvalue weighted by molar-refractivity contribution is 7.94. The van der Waals surface area contributed by atoms with Gasteiger partial charge in [-0.3, -0.25) is 9.52 Å². The molecule has 0 fully saturated rings. The molecule has 1 amide bonds. The third kappa shape index (κ3) is 4.27. The number of carbonyl (C=O) groups is 1. The zero-order valence-corrected chi connectivity index (χ0v) is 13.6. The molecule has 0 saturated heterocycles. The Hall–Kier alpha value is -1.42. The molecule has 0 radical (unpaired) electrons. The summed E-state index contributed by atoms with van der Waals surface area (Å²) in [5, 5.41) is 10.1. The van der Waals surface area contributed by atoms with Gasteiger partial charge >= 0.3 is 0 Å². The standard InChI is InChI=1S/C10H8Cl2N4O3S2/c1-5(17)13-9-14-15-10(20-9)21(18,19)16-8-3-6(11)2-7(12)4-8/h2-4,16H,1H3,(H,13,14,17). The third-order valence-electron chi connectivity index (χ3n) is 2.03. The molecule has 0 aliphatic heterocycles. The average Bonchev–Trinajstić information content (AvgIpc) is 2.74. The van der Waals surface area contributed by atoms with E-state index in [0.29, 0.717) is 0 Å². The maximum Gasteiger partial charge on any atom is 0.291 e. The largest absolute Gasteiger partial charge is 0.301 e. The monoisotopic (exact) mass is 366 g/mol. The fourth-order valence-electron chi connectivity index (χ4n) is 1.33. The molecule has 0 bridgehead atoms. The van der Waals surface area contributed by atoms with E-state index in [1.165, 1.54) is 25.1 Å². The van der Waals surface area contributed by atoms with Gasteiger partial charge in [-0.25, -0.2) is 0 Å². The van der Waals surface area contributed by atoms with E-state index < -0.39 is 10.0 Å². The topological polar surface area (TPSA) is 101 Å². The Bertz CT molecular complexity index is 771. The predicted molar refractivity (Wildman–Crippen MR) is 81.5 cm³/mol. The molecule has 2 rings (SSSR count). The molecule has 0 spiro atoms. The lowest BCUT2D eigenvalue weighted by molar-refractivity contribution is -0.114. The number of anilines is 2. The van der Waals surface area contributed by atoms with E-state index in [0.717, 1.165) is 11.3 Å². The third-order valence-corrected chi connectivity index (χ3v) is 5.06. The van der Waals surface area contributed by atoms with Gasteiger partial charge in [0.1, 0.15) is 0 Å². The van der Waals surface area contributed by atoms with Crippen LogP contribution in [0.4, 0.5) is 10.8 Å². The number of hydrogen-bond acceptors (Lipinski definition) is 6. The number of aromatic nitrogens is 2. The van der Waals surface area contributed by atoms with Crippen LogP contribution in [-0.2, 0) is 14.8 Å². The fourth-order valence-corrected chi connectivity index (χ4v) is 3.84. The van der Waals surface area contributed by atoms with Crippen LogP contribution in [0.5, 0.6) is 0 Å². The molecule has 21 heavy (non-hydrogen) atoms. The first-order valence-corrected chi connectivity index (χ1v) is 8.42. The normalized spacial score (nSPS) is 11.2. The summed E-state index contributed by atoms with van der Waals surface area (Å²) < 4.78 is 26.2. The molecule has 1 aromatic carbocycles. The summed E-state index contributed by atoms with van der Waals surface area (Å²) in [4.78, 5) is 10.9. The van der Waals surface area contributed by atoms with E-state index in [4.69, 9.17) is 23.2 Å². The van der Waals surface area contributed by atoms with E-state index in [2.05, 4.69) is 20.2 Å². The summed E-state index contributed by atoms with van der Waals surface area (Å²) in [6.45, 7) is 1.28. The Balaban J connectivity index is 2.25. The van der Waals surface area contributed by atoms with Crippen LogP contribution < -0.4 is 10.0 Å². The van der Waals surface area contributed by atoms with Gasteiger partial charge in [-0.2, -0.15) is 8.42 Å². The van der Waals surface area contributed by atoms with Gasteiger partial charge in [0.2, 0.25) is 11.0 Å². The van der Waals surface area contributed by atoms with Crippen LogP contribution in [0.1, 0.15) is 6.92 Å². The highest BCUT2D eigenvalue weighted by Gasteiger charge is 2.21. The van der Waals surface area contributed by atoms with E-state index in [1.54, 1.807) is 0 Å². The van der Waals surface area contributed by atoms with E-state index in [1.807, 2.05) is 0 Å². The Kier molecular flexibility index (Phi) is 4.67. The van der Waals surface area contributed by atoms with Crippen molar-refractivity contribution in [2.45, 2.75) is 11.3 Å². The van der Waals surface area contributed by atoms with Crippen LogP contribution in [0.25, 0.3) is 0 Å². The lowest BCUT2D eigenvalue weighted by atomic mass is 10.3. The van der Waals surface area contributed by atoms with Crippen molar-refractivity contribution in [2.24, 2.45) is 0 Å². The van der Waals surface area contributed by atoms with Crippen molar-refractivity contribution in [1.82, 2.24) is 10.2 Å². The number of carbonyl (C=O) groups excluding carboxylic acids is 1. The Labute approximate surface area is 134 Å². The fraction of sp³-hybridized carbons (Fsp3) is 0.100. The molecule has 112 valence electrons. The second-order valence-electron chi connectivity index (χ2n) is 3.82. The summed E-state index contributed by atoms with van der Waals surface area (Å²) in [7, 11) is -3.94. The predicted octanol–water partition coefficient (Wildman–Crippen LogP) is 2.60. The van der Waals surface area contributed by atoms with Gasteiger partial charge in [0.25, 0.3) is 14.4 Å². The van der Waals surface area contributed by atoms with Crippen LogP contribution in [0, 0.1) is 0 Å². The van der Waals surface area contributed by atoms with Crippen molar-refractivity contribution < 1.29 is 13.2 Å². The molecule has 1 heterocycles. The van der Waals surface area contributed by atoms with Gasteiger partial charge in [-0.05, 0) is 18.2 Å². The summed E-state index contributed by atoms with van der Waals surface area (Å²) in [6, 6.07) is 4.28. The van der Waals surface area contributed by atoms with Gasteiger partial charge in [0.05, 0.1) is 5.69 Å². The second kappa shape index (κ2) is 6.14. The first-order valence-electron chi connectivity index (χ1n) is 5.36. The maximum atomic E-state index is 12.1. The first kappa shape index (κ1) is 16.0. The van der Waals surface area contributed by atoms with Crippen molar-refractivity contribution in [3.05, 3.63) is 28.2 Å². The van der Waals surface area contributed by atoms with E-state index in [9.17, 15) is 13.2 Å². The van der Waals surface area contributed by atoms with Gasteiger partial charge in [-0.1, -0.05) is 34.5 Å². The molecule has 2 N–H and O–H groups in total. The highest BCUT2D eigenvalue weighted by Crippen LogP contribution is 2.26. The van der Waals surface area contributed by atoms with Crippen LogP contribution in [0.15, 0.2) is 22.5 Å². The minimum Gasteiger partial charge on any atom is -0.301 e. The van der Waals surface area contributed by atoms with Gasteiger partial charge in [-0.15, -0.1) is 10.2 Å². The molecule has 0 saturated carbocycles. The van der Waals surface area contributed by atoms with Gasteiger partial charge in [0.15, 0.2) is 0 Å². The molecule has 0 unspecified atom stereocenters. The van der Waals surface area contributed by atoms with Crippen LogP contribution in [0.3, 0.4) is 0 Å². The molecule has 0 aliphatic carbocycles. The molecule has 1 aromatic heterocycles. The van der Waals surface area contributed by atoms with E-state index >= 15 is 0 Å². The molecular weight excluding hydrogens is 359 g/mol. The summed E-state index contributed by atoms with van der Waals surface area (Å²) in [6.07, 6.45) is 0. The quantitative estimate of drug-likeness (QED) is 0.809. The Morgan fingerprint density at radius 1 is 1.19 bits per heavy atom. The number of amides is 1. The number of sulfonamides is 1. The maximum absolute atomic E-state index is 12.1. The van der Waals surface area contributed by atoms with Crippen LogP contribution in [-0.4, -0.2) is 24.5 Å². The van der Waals surface area contributed by atoms with Crippen LogP contribution >= 0.6 is 34.5 Å². The average molecular weight is 367 g/mol. The summed E-state index contributed by atoms with van der Waals surface area (Å²) >= 11 is 12.3.